The first kappa shape index (κ1) is 17.0. The van der Waals surface area contributed by atoms with Crippen molar-refractivity contribution < 1.29 is 14.5 Å². The lowest BCUT2D eigenvalue weighted by Gasteiger charge is -2.27. The Labute approximate surface area is 135 Å². The quantitative estimate of drug-likeness (QED) is 0.627. The molecular formula is C15H22N4O4. The molecule has 0 unspecified atom stereocenters. The van der Waals surface area contributed by atoms with Gasteiger partial charge in [-0.15, -0.1) is 0 Å². The molecule has 0 N–H and O–H groups in total. The highest BCUT2D eigenvalue weighted by molar-refractivity contribution is 5.68. The van der Waals surface area contributed by atoms with Crippen LogP contribution in [0.3, 0.4) is 0 Å². The predicted octanol–water partition coefficient (Wildman–Crippen LogP) is 2.44. The van der Waals surface area contributed by atoms with E-state index in [1.54, 1.807) is 11.0 Å². The number of nitro groups is 1. The van der Waals surface area contributed by atoms with Crippen LogP contribution in [0.4, 0.5) is 16.3 Å². The van der Waals surface area contributed by atoms with Gasteiger partial charge < -0.3 is 14.5 Å². The van der Waals surface area contributed by atoms with Crippen LogP contribution in [0.15, 0.2) is 18.3 Å². The van der Waals surface area contributed by atoms with Crippen LogP contribution in [0.2, 0.25) is 0 Å². The minimum Gasteiger partial charge on any atom is -0.444 e. The van der Waals surface area contributed by atoms with Gasteiger partial charge >= 0.3 is 6.09 Å². The number of rotatable bonds is 3. The van der Waals surface area contributed by atoms with Gasteiger partial charge in [0.2, 0.25) is 0 Å². The van der Waals surface area contributed by atoms with E-state index in [1.807, 2.05) is 32.7 Å². The number of carbonyl (C=O) groups excluding carboxylic acids is 1. The van der Waals surface area contributed by atoms with E-state index in [0.717, 1.165) is 6.42 Å². The van der Waals surface area contributed by atoms with Gasteiger partial charge in [-0.1, -0.05) is 0 Å². The highest BCUT2D eigenvalue weighted by Gasteiger charge is 2.32. The summed E-state index contributed by atoms with van der Waals surface area (Å²) in [4.78, 5) is 30.0. The molecule has 0 radical (unpaired) electrons. The molecule has 23 heavy (non-hydrogen) atoms. The Morgan fingerprint density at radius 1 is 1.48 bits per heavy atom. The van der Waals surface area contributed by atoms with Gasteiger partial charge in [-0.05, 0) is 33.3 Å². The Hall–Kier alpha value is -2.38. The molecule has 0 aliphatic carbocycles. The summed E-state index contributed by atoms with van der Waals surface area (Å²) in [7, 11) is 1.87. The number of likely N-dealkylation sites (N-methyl/N-ethyl adjacent to an activating group) is 1. The van der Waals surface area contributed by atoms with E-state index in [9.17, 15) is 14.9 Å². The maximum atomic E-state index is 12.1. The fraction of sp³-hybridized carbons (Fsp3) is 0.600. The Balaban J connectivity index is 1.98. The molecule has 1 aromatic heterocycles. The zero-order valence-corrected chi connectivity index (χ0v) is 13.9. The van der Waals surface area contributed by atoms with Crippen molar-refractivity contribution in [1.29, 1.82) is 0 Å². The molecule has 1 saturated heterocycles. The third-order valence-electron chi connectivity index (χ3n) is 3.67. The van der Waals surface area contributed by atoms with Crippen LogP contribution in [-0.2, 0) is 4.74 Å². The fourth-order valence-electron chi connectivity index (χ4n) is 2.43. The summed E-state index contributed by atoms with van der Waals surface area (Å²) in [5.41, 5.74) is -0.551. The lowest BCUT2D eigenvalue weighted by atomic mass is 10.2. The molecule has 1 fully saturated rings. The molecule has 0 bridgehead atoms. The molecule has 1 aromatic rings. The Kier molecular flexibility index (Phi) is 4.72. The summed E-state index contributed by atoms with van der Waals surface area (Å²) in [6, 6.07) is 3.16. The predicted molar refractivity (Wildman–Crippen MR) is 85.5 cm³/mol. The van der Waals surface area contributed by atoms with Crippen molar-refractivity contribution in [3.63, 3.8) is 0 Å². The van der Waals surface area contributed by atoms with Gasteiger partial charge in [-0.25, -0.2) is 9.78 Å². The Morgan fingerprint density at radius 2 is 2.17 bits per heavy atom. The van der Waals surface area contributed by atoms with Crippen LogP contribution >= 0.6 is 0 Å². The number of anilines is 1. The lowest BCUT2D eigenvalue weighted by molar-refractivity contribution is -0.385. The van der Waals surface area contributed by atoms with Crippen LogP contribution in [-0.4, -0.2) is 52.7 Å². The van der Waals surface area contributed by atoms with Crippen molar-refractivity contribution in [2.45, 2.75) is 38.8 Å². The normalized spacial score (nSPS) is 17.9. The standard InChI is InChI=1S/C15H22N4O4/c1-15(2,3)23-14(20)18-8-7-12(10-18)17(4)13-6-5-11(9-16-13)19(21)22/h5-6,9,12H,7-8,10H2,1-4H3/t12-/m1/s1. The molecule has 1 aliphatic heterocycles. The first-order valence-electron chi connectivity index (χ1n) is 7.48. The van der Waals surface area contributed by atoms with E-state index in [1.165, 1.54) is 12.3 Å². The molecule has 2 heterocycles. The number of aromatic nitrogens is 1. The minimum atomic E-state index is -0.513. The number of hydrogen-bond acceptors (Lipinski definition) is 6. The molecule has 126 valence electrons. The number of nitrogens with zero attached hydrogens (tertiary/aromatic N) is 4. The number of pyridine rings is 1. The largest absolute Gasteiger partial charge is 0.444 e. The maximum Gasteiger partial charge on any atom is 0.410 e. The molecule has 0 aromatic carbocycles. The van der Waals surface area contributed by atoms with Gasteiger partial charge in [0, 0.05) is 32.2 Å². The highest BCUT2D eigenvalue weighted by atomic mass is 16.6. The second kappa shape index (κ2) is 6.39. The molecule has 8 heteroatoms. The summed E-state index contributed by atoms with van der Waals surface area (Å²) < 4.78 is 5.38. The van der Waals surface area contributed by atoms with E-state index < -0.39 is 10.5 Å². The second-order valence-electron chi connectivity index (χ2n) is 6.61. The number of ether oxygens (including phenoxy) is 1. The lowest BCUT2D eigenvalue weighted by Crippen LogP contribution is -2.39. The zero-order valence-electron chi connectivity index (χ0n) is 13.9. The van der Waals surface area contributed by atoms with E-state index in [4.69, 9.17) is 4.74 Å². The van der Waals surface area contributed by atoms with Crippen molar-refractivity contribution in [3.05, 3.63) is 28.4 Å². The molecule has 0 saturated carbocycles. The first-order valence-corrected chi connectivity index (χ1v) is 7.48. The molecule has 1 aliphatic rings. The SMILES string of the molecule is CN(c1ccc([N+](=O)[O-])cn1)[C@@H]1CCN(C(=O)OC(C)(C)C)C1. The third kappa shape index (κ3) is 4.30. The van der Waals surface area contributed by atoms with Gasteiger partial charge in [0.1, 0.15) is 17.6 Å². The molecule has 1 atom stereocenters. The van der Waals surface area contributed by atoms with Crippen molar-refractivity contribution in [2.75, 3.05) is 25.0 Å². The van der Waals surface area contributed by atoms with Crippen LogP contribution < -0.4 is 4.90 Å². The highest BCUT2D eigenvalue weighted by Crippen LogP contribution is 2.22. The van der Waals surface area contributed by atoms with Crippen LogP contribution in [0.1, 0.15) is 27.2 Å². The van der Waals surface area contributed by atoms with Crippen LogP contribution in [0, 0.1) is 10.1 Å². The topological polar surface area (TPSA) is 88.8 Å². The van der Waals surface area contributed by atoms with E-state index >= 15 is 0 Å². The Morgan fingerprint density at radius 3 is 2.70 bits per heavy atom. The third-order valence-corrected chi connectivity index (χ3v) is 3.67. The number of amides is 1. The maximum absolute atomic E-state index is 12.1. The van der Waals surface area contributed by atoms with Crippen LogP contribution in [0.5, 0.6) is 0 Å². The number of hydrogen-bond donors (Lipinski definition) is 0. The molecule has 2 rings (SSSR count). The van der Waals surface area contributed by atoms with Gasteiger partial charge in [-0.2, -0.15) is 0 Å². The van der Waals surface area contributed by atoms with Gasteiger partial charge in [0.25, 0.3) is 5.69 Å². The van der Waals surface area contributed by atoms with Crippen molar-refractivity contribution in [1.82, 2.24) is 9.88 Å². The number of carbonyl (C=O) groups is 1. The summed E-state index contributed by atoms with van der Waals surface area (Å²) in [6.07, 6.45) is 1.73. The van der Waals surface area contributed by atoms with Crippen molar-refractivity contribution in [3.8, 4) is 0 Å². The molecule has 8 nitrogen and oxygen atoms in total. The monoisotopic (exact) mass is 322 g/mol. The van der Waals surface area contributed by atoms with Gasteiger partial charge in [-0.3, -0.25) is 10.1 Å². The average Bonchev–Trinajstić information content (AvgIpc) is 2.94. The van der Waals surface area contributed by atoms with E-state index in [2.05, 4.69) is 4.98 Å². The summed E-state index contributed by atoms with van der Waals surface area (Å²) in [5.74, 6) is 0.645. The smallest absolute Gasteiger partial charge is 0.410 e. The van der Waals surface area contributed by atoms with Crippen molar-refractivity contribution in [2.24, 2.45) is 0 Å². The molecule has 0 spiro atoms. The second-order valence-corrected chi connectivity index (χ2v) is 6.61. The Bertz CT molecular complexity index is 582. The zero-order chi connectivity index (χ0) is 17.2. The summed E-state index contributed by atoms with van der Waals surface area (Å²) >= 11 is 0. The van der Waals surface area contributed by atoms with E-state index in [0.29, 0.717) is 18.9 Å². The summed E-state index contributed by atoms with van der Waals surface area (Å²) in [6.45, 7) is 6.68. The fourth-order valence-corrected chi connectivity index (χ4v) is 2.43. The molecule has 1 amide bonds. The van der Waals surface area contributed by atoms with E-state index in [-0.39, 0.29) is 17.8 Å². The average molecular weight is 322 g/mol. The van der Waals surface area contributed by atoms with Crippen molar-refractivity contribution >= 4 is 17.6 Å². The van der Waals surface area contributed by atoms with Gasteiger partial charge in [0.05, 0.1) is 4.92 Å². The van der Waals surface area contributed by atoms with Gasteiger partial charge in [0.15, 0.2) is 0 Å². The number of likely N-dealkylation sites (tertiary alicyclic amines) is 1. The molecular weight excluding hydrogens is 300 g/mol. The summed E-state index contributed by atoms with van der Waals surface area (Å²) in [5, 5.41) is 10.7. The van der Waals surface area contributed by atoms with Crippen LogP contribution in [0.25, 0.3) is 0 Å². The minimum absolute atomic E-state index is 0.0380. The first-order chi connectivity index (χ1) is 10.7.